The summed E-state index contributed by atoms with van der Waals surface area (Å²) >= 11 is 0. The van der Waals surface area contributed by atoms with E-state index in [4.69, 9.17) is 15.2 Å². The van der Waals surface area contributed by atoms with Crippen LogP contribution in [0.25, 0.3) is 0 Å². The molecule has 0 aromatic carbocycles. The fraction of sp³-hybridized carbons (Fsp3) is 0.571. The summed E-state index contributed by atoms with van der Waals surface area (Å²) in [5.41, 5.74) is 7.66. The number of rotatable bonds is 5. The number of methoxy groups -OCH3 is 2. The zero-order valence-electron chi connectivity index (χ0n) is 12.2. The van der Waals surface area contributed by atoms with Crippen LogP contribution in [0, 0.1) is 19.3 Å². The number of aryl methyl sites for hydroxylation is 1. The molecule has 1 heterocycles. The fourth-order valence-electron chi connectivity index (χ4n) is 2.09. The van der Waals surface area contributed by atoms with E-state index >= 15 is 0 Å². The smallest absolute Gasteiger partial charge is 0.313 e. The van der Waals surface area contributed by atoms with Crippen LogP contribution in [0.1, 0.15) is 23.7 Å². The van der Waals surface area contributed by atoms with Gasteiger partial charge in [0.05, 0.1) is 19.6 Å². The van der Waals surface area contributed by atoms with Crippen molar-refractivity contribution in [3.05, 3.63) is 23.0 Å². The van der Waals surface area contributed by atoms with Crippen LogP contribution in [0.5, 0.6) is 5.75 Å². The third-order valence-corrected chi connectivity index (χ3v) is 3.44. The Kier molecular flexibility index (Phi) is 4.89. The van der Waals surface area contributed by atoms with Gasteiger partial charge in [-0.2, -0.15) is 0 Å². The van der Waals surface area contributed by atoms with Crippen LogP contribution in [0.4, 0.5) is 0 Å². The predicted octanol–water partition coefficient (Wildman–Crippen LogP) is 1.39. The molecule has 0 saturated heterocycles. The first-order valence-electron chi connectivity index (χ1n) is 6.17. The first-order chi connectivity index (χ1) is 8.89. The van der Waals surface area contributed by atoms with E-state index in [1.807, 2.05) is 13.8 Å². The molecule has 0 aliphatic heterocycles. The van der Waals surface area contributed by atoms with Crippen molar-refractivity contribution < 1.29 is 14.3 Å². The molecule has 5 nitrogen and oxygen atoms in total. The molecule has 1 unspecified atom stereocenters. The van der Waals surface area contributed by atoms with Gasteiger partial charge in [0.1, 0.15) is 5.75 Å². The summed E-state index contributed by atoms with van der Waals surface area (Å²) in [5, 5.41) is 0. The van der Waals surface area contributed by atoms with Gasteiger partial charge in [-0.05, 0) is 20.8 Å². The second-order valence-electron chi connectivity index (χ2n) is 4.98. The van der Waals surface area contributed by atoms with E-state index < -0.39 is 5.41 Å². The molecule has 0 amide bonds. The van der Waals surface area contributed by atoms with Crippen molar-refractivity contribution in [3.63, 3.8) is 0 Å². The quantitative estimate of drug-likeness (QED) is 0.815. The highest BCUT2D eigenvalue weighted by Crippen LogP contribution is 2.29. The van der Waals surface area contributed by atoms with E-state index in [1.165, 1.54) is 7.11 Å². The van der Waals surface area contributed by atoms with Crippen LogP contribution in [0.15, 0.2) is 6.20 Å². The van der Waals surface area contributed by atoms with Gasteiger partial charge in [0.15, 0.2) is 0 Å². The van der Waals surface area contributed by atoms with Gasteiger partial charge in [0.2, 0.25) is 0 Å². The molecule has 106 valence electrons. The van der Waals surface area contributed by atoms with Gasteiger partial charge < -0.3 is 15.2 Å². The average molecular weight is 266 g/mol. The van der Waals surface area contributed by atoms with Gasteiger partial charge in [-0.3, -0.25) is 9.78 Å². The summed E-state index contributed by atoms with van der Waals surface area (Å²) in [5.74, 6) is 0.477. The number of carbonyl (C=O) groups excluding carboxylic acids is 1. The molecule has 5 heteroatoms. The normalized spacial score (nSPS) is 13.8. The number of aromatic nitrogens is 1. The maximum atomic E-state index is 11.8. The van der Waals surface area contributed by atoms with Crippen LogP contribution in [-0.4, -0.2) is 31.7 Å². The minimum absolute atomic E-state index is 0.205. The van der Waals surface area contributed by atoms with Gasteiger partial charge in [-0.25, -0.2) is 0 Å². The lowest BCUT2D eigenvalue weighted by atomic mass is 9.84. The molecule has 0 saturated carbocycles. The first kappa shape index (κ1) is 15.4. The zero-order valence-corrected chi connectivity index (χ0v) is 12.2. The van der Waals surface area contributed by atoms with E-state index in [0.717, 1.165) is 22.6 Å². The van der Waals surface area contributed by atoms with Gasteiger partial charge in [0.25, 0.3) is 0 Å². The molecular weight excluding hydrogens is 244 g/mol. The minimum Gasteiger partial charge on any atom is -0.496 e. The van der Waals surface area contributed by atoms with Gasteiger partial charge in [0, 0.05) is 36.0 Å². The van der Waals surface area contributed by atoms with Crippen molar-refractivity contribution in [1.29, 1.82) is 0 Å². The number of carbonyl (C=O) groups is 1. The van der Waals surface area contributed by atoms with Gasteiger partial charge in [-0.15, -0.1) is 0 Å². The summed E-state index contributed by atoms with van der Waals surface area (Å²) < 4.78 is 10.2. The van der Waals surface area contributed by atoms with Crippen molar-refractivity contribution in [3.8, 4) is 5.75 Å². The Morgan fingerprint density at radius 3 is 2.53 bits per heavy atom. The van der Waals surface area contributed by atoms with Crippen molar-refractivity contribution >= 4 is 5.97 Å². The lowest BCUT2D eigenvalue weighted by Gasteiger charge is -2.25. The number of nitrogens with two attached hydrogens (primary N) is 1. The van der Waals surface area contributed by atoms with E-state index in [2.05, 4.69) is 4.98 Å². The fourth-order valence-corrected chi connectivity index (χ4v) is 2.09. The second kappa shape index (κ2) is 6.02. The number of pyridine rings is 1. The number of hydrogen-bond donors (Lipinski definition) is 1. The van der Waals surface area contributed by atoms with E-state index in [9.17, 15) is 4.79 Å². The van der Waals surface area contributed by atoms with Crippen LogP contribution in [0.2, 0.25) is 0 Å². The highest BCUT2D eigenvalue weighted by Gasteiger charge is 2.34. The summed E-state index contributed by atoms with van der Waals surface area (Å²) in [6, 6.07) is 0. The second-order valence-corrected chi connectivity index (χ2v) is 4.98. The summed E-state index contributed by atoms with van der Waals surface area (Å²) in [6.45, 7) is 5.86. The molecule has 1 aromatic rings. The molecule has 0 radical (unpaired) electrons. The Balaban J connectivity index is 3.15. The molecule has 1 atom stereocenters. The van der Waals surface area contributed by atoms with Crippen molar-refractivity contribution in [2.24, 2.45) is 11.1 Å². The minimum atomic E-state index is -0.771. The van der Waals surface area contributed by atoms with Crippen molar-refractivity contribution in [2.45, 2.75) is 27.2 Å². The zero-order chi connectivity index (χ0) is 14.6. The molecule has 0 aliphatic rings. The molecule has 0 spiro atoms. The van der Waals surface area contributed by atoms with E-state index in [0.29, 0.717) is 6.42 Å². The molecular formula is C14H22N2O3. The third-order valence-electron chi connectivity index (χ3n) is 3.44. The highest BCUT2D eigenvalue weighted by molar-refractivity contribution is 5.77. The standard InChI is InChI=1S/C14H22N2O3/c1-9-7-16-11(10(2)12(9)18-4)6-14(3,8-15)13(17)19-5/h7H,6,8,15H2,1-5H3. The maximum Gasteiger partial charge on any atom is 0.313 e. The number of ether oxygens (including phenoxy) is 2. The largest absolute Gasteiger partial charge is 0.496 e. The Morgan fingerprint density at radius 2 is 2.05 bits per heavy atom. The summed E-state index contributed by atoms with van der Waals surface area (Å²) in [6.07, 6.45) is 2.17. The number of esters is 1. The molecule has 1 rings (SSSR count). The SMILES string of the molecule is COC(=O)C(C)(CN)Cc1ncc(C)c(OC)c1C. The Bertz CT molecular complexity index is 474. The van der Waals surface area contributed by atoms with Crippen LogP contribution in [-0.2, 0) is 16.0 Å². The Labute approximate surface area is 114 Å². The van der Waals surface area contributed by atoms with E-state index in [1.54, 1.807) is 20.2 Å². The predicted molar refractivity (Wildman–Crippen MR) is 73.1 cm³/mol. The number of hydrogen-bond acceptors (Lipinski definition) is 5. The molecule has 0 aliphatic carbocycles. The first-order valence-corrected chi connectivity index (χ1v) is 6.17. The van der Waals surface area contributed by atoms with Crippen molar-refractivity contribution in [2.75, 3.05) is 20.8 Å². The molecule has 19 heavy (non-hydrogen) atoms. The maximum absolute atomic E-state index is 11.8. The van der Waals surface area contributed by atoms with Crippen LogP contribution >= 0.6 is 0 Å². The third kappa shape index (κ3) is 3.04. The molecule has 2 N–H and O–H groups in total. The van der Waals surface area contributed by atoms with E-state index in [-0.39, 0.29) is 12.5 Å². The topological polar surface area (TPSA) is 74.4 Å². The summed E-state index contributed by atoms with van der Waals surface area (Å²) in [7, 11) is 2.99. The highest BCUT2D eigenvalue weighted by atomic mass is 16.5. The summed E-state index contributed by atoms with van der Waals surface area (Å²) in [4.78, 5) is 16.2. The lowest BCUT2D eigenvalue weighted by Crippen LogP contribution is -2.39. The number of nitrogens with zero attached hydrogens (tertiary/aromatic N) is 1. The average Bonchev–Trinajstić information content (AvgIpc) is 2.41. The Hall–Kier alpha value is -1.62. The van der Waals surface area contributed by atoms with Crippen LogP contribution < -0.4 is 10.5 Å². The Morgan fingerprint density at radius 1 is 1.42 bits per heavy atom. The van der Waals surface area contributed by atoms with Crippen LogP contribution in [0.3, 0.4) is 0 Å². The molecule has 1 aromatic heterocycles. The van der Waals surface area contributed by atoms with Gasteiger partial charge in [-0.1, -0.05) is 0 Å². The lowest BCUT2D eigenvalue weighted by molar-refractivity contribution is -0.151. The molecule has 0 fully saturated rings. The monoisotopic (exact) mass is 266 g/mol. The van der Waals surface area contributed by atoms with Gasteiger partial charge >= 0.3 is 5.97 Å². The van der Waals surface area contributed by atoms with Crippen molar-refractivity contribution in [1.82, 2.24) is 4.98 Å². The molecule has 0 bridgehead atoms.